The van der Waals surface area contributed by atoms with E-state index in [1.165, 1.54) is 0 Å². The zero-order chi connectivity index (χ0) is 13.6. The van der Waals surface area contributed by atoms with E-state index in [9.17, 15) is 16.8 Å². The van der Waals surface area contributed by atoms with Crippen molar-refractivity contribution in [2.45, 2.75) is 6.42 Å². The maximum absolute atomic E-state index is 10.3. The molecule has 0 saturated carbocycles. The van der Waals surface area contributed by atoms with Crippen molar-refractivity contribution in [3.05, 3.63) is 0 Å². The molecule has 9 heteroatoms. The van der Waals surface area contributed by atoms with Gasteiger partial charge in [-0.2, -0.15) is 16.8 Å². The minimum atomic E-state index is -3.76. The van der Waals surface area contributed by atoms with Gasteiger partial charge < -0.3 is 4.48 Å². The highest BCUT2D eigenvalue weighted by Gasteiger charge is 2.10. The second-order valence-corrected chi connectivity index (χ2v) is 7.42. The third kappa shape index (κ3) is 37.2. The highest BCUT2D eigenvalue weighted by molar-refractivity contribution is 7.85. The minimum Gasteiger partial charge on any atom is -0.331 e. The Morgan fingerprint density at radius 2 is 1.31 bits per heavy atom. The summed E-state index contributed by atoms with van der Waals surface area (Å²) in [5.74, 6) is -0.136. The van der Waals surface area contributed by atoms with Crippen molar-refractivity contribution in [2.24, 2.45) is 0 Å². The molecule has 0 rings (SSSR count). The van der Waals surface area contributed by atoms with Crippen LogP contribution in [0, 0.1) is 0 Å². The molecule has 0 saturated heterocycles. The quantitative estimate of drug-likeness (QED) is 0.529. The molecule has 0 aromatic rings. The standard InChI is InChI=1S/C6H15NO3S.CH4O3S/c1-7(2,3)5-4-6-11(8,9)10;1-5(2,3)4/h4-6H2,1-3H3;1H3,(H,2,3,4)/p+1. The van der Waals surface area contributed by atoms with Crippen LogP contribution in [0.2, 0.25) is 0 Å². The summed E-state index contributed by atoms with van der Waals surface area (Å²) >= 11 is 0. The third-order valence-electron chi connectivity index (χ3n) is 1.23. The van der Waals surface area contributed by atoms with E-state index in [0.29, 0.717) is 12.7 Å². The van der Waals surface area contributed by atoms with Crippen LogP contribution in [0.3, 0.4) is 0 Å². The summed E-state index contributed by atoms with van der Waals surface area (Å²) in [5.41, 5.74) is 0. The van der Waals surface area contributed by atoms with Crippen LogP contribution >= 0.6 is 0 Å². The Labute approximate surface area is 97.2 Å². The summed E-state index contributed by atoms with van der Waals surface area (Å²) in [6.07, 6.45) is 1.22. The van der Waals surface area contributed by atoms with Crippen molar-refractivity contribution in [2.75, 3.05) is 39.7 Å². The summed E-state index contributed by atoms with van der Waals surface area (Å²) < 4.78 is 55.5. The molecule has 0 amide bonds. The van der Waals surface area contributed by atoms with Crippen LogP contribution in [0.25, 0.3) is 0 Å². The normalized spacial score (nSPS) is 12.9. The number of quaternary nitrogens is 1. The van der Waals surface area contributed by atoms with E-state index >= 15 is 0 Å². The fraction of sp³-hybridized carbons (Fsp3) is 1.00. The maximum atomic E-state index is 10.3. The van der Waals surface area contributed by atoms with E-state index in [-0.39, 0.29) is 5.75 Å². The lowest BCUT2D eigenvalue weighted by Gasteiger charge is -2.23. The second kappa shape index (κ2) is 6.50. The van der Waals surface area contributed by atoms with Crippen molar-refractivity contribution < 1.29 is 30.4 Å². The molecule has 0 fully saturated rings. The fourth-order valence-electron chi connectivity index (χ4n) is 0.721. The van der Waals surface area contributed by atoms with Gasteiger partial charge >= 0.3 is 0 Å². The van der Waals surface area contributed by atoms with Gasteiger partial charge in [0.05, 0.1) is 39.7 Å². The monoisotopic (exact) mass is 278 g/mol. The van der Waals surface area contributed by atoms with Crippen LogP contribution in [0.4, 0.5) is 0 Å². The van der Waals surface area contributed by atoms with Crippen molar-refractivity contribution >= 4 is 20.2 Å². The lowest BCUT2D eigenvalue weighted by molar-refractivity contribution is -0.870. The molecule has 0 radical (unpaired) electrons. The number of rotatable bonds is 4. The van der Waals surface area contributed by atoms with Gasteiger partial charge in [0.1, 0.15) is 0 Å². The molecule has 0 aliphatic carbocycles. The lowest BCUT2D eigenvalue weighted by Crippen LogP contribution is -2.36. The molecule has 0 aromatic heterocycles. The Bertz CT molecular complexity index is 370. The summed E-state index contributed by atoms with van der Waals surface area (Å²) in [7, 11) is -1.49. The fourth-order valence-corrected chi connectivity index (χ4v) is 1.22. The van der Waals surface area contributed by atoms with E-state index < -0.39 is 20.2 Å². The molecule has 0 atom stereocenters. The molecule has 0 aromatic carbocycles. The molecule has 0 heterocycles. The van der Waals surface area contributed by atoms with E-state index in [4.69, 9.17) is 9.11 Å². The number of hydrogen-bond donors (Lipinski definition) is 2. The molecule has 0 spiro atoms. The van der Waals surface area contributed by atoms with Crippen LogP contribution < -0.4 is 0 Å². The largest absolute Gasteiger partial charge is 0.331 e. The third-order valence-corrected chi connectivity index (χ3v) is 2.04. The van der Waals surface area contributed by atoms with Gasteiger partial charge in [-0.1, -0.05) is 0 Å². The predicted molar refractivity (Wildman–Crippen MR) is 61.4 cm³/mol. The van der Waals surface area contributed by atoms with Crippen molar-refractivity contribution in [1.29, 1.82) is 0 Å². The number of hydrogen-bond acceptors (Lipinski definition) is 4. The number of nitrogens with zero attached hydrogens (tertiary/aromatic N) is 1. The first-order chi connectivity index (χ1) is 6.71. The molecular weight excluding hydrogens is 258 g/mol. The van der Waals surface area contributed by atoms with Crippen molar-refractivity contribution in [1.82, 2.24) is 0 Å². The van der Waals surface area contributed by atoms with Crippen LogP contribution in [-0.4, -0.2) is 70.1 Å². The molecule has 0 aliphatic rings. The highest BCUT2D eigenvalue weighted by Crippen LogP contribution is 1.95. The van der Waals surface area contributed by atoms with Gasteiger partial charge in [0.15, 0.2) is 0 Å². The van der Waals surface area contributed by atoms with Gasteiger partial charge in [0.25, 0.3) is 20.2 Å². The summed E-state index contributed by atoms with van der Waals surface area (Å²) in [4.78, 5) is 0. The molecule has 0 aliphatic heterocycles. The SMILES string of the molecule is CS(=O)(=O)O.C[N+](C)(C)CCCS(=O)(=O)O. The van der Waals surface area contributed by atoms with Crippen molar-refractivity contribution in [3.63, 3.8) is 0 Å². The smallest absolute Gasteiger partial charge is 0.265 e. The van der Waals surface area contributed by atoms with Crippen LogP contribution in [-0.2, 0) is 20.2 Å². The Morgan fingerprint density at radius 3 is 1.50 bits per heavy atom. The predicted octanol–water partition coefficient (Wildman–Crippen LogP) is -0.525. The average molecular weight is 278 g/mol. The summed E-state index contributed by atoms with van der Waals surface area (Å²) in [5, 5.41) is 0. The van der Waals surface area contributed by atoms with E-state index in [1.807, 2.05) is 21.1 Å². The Hall–Kier alpha value is -0.220. The first-order valence-corrected chi connectivity index (χ1v) is 7.84. The molecular formula is C7H20NO6S2+. The molecule has 7 nitrogen and oxygen atoms in total. The zero-order valence-corrected chi connectivity index (χ0v) is 11.5. The van der Waals surface area contributed by atoms with Crippen LogP contribution in [0.1, 0.15) is 6.42 Å². The lowest BCUT2D eigenvalue weighted by atomic mass is 10.4. The van der Waals surface area contributed by atoms with Crippen LogP contribution in [0.15, 0.2) is 0 Å². The first-order valence-electron chi connectivity index (χ1n) is 4.39. The van der Waals surface area contributed by atoms with Crippen LogP contribution in [0.5, 0.6) is 0 Å². The molecule has 2 N–H and O–H groups in total. The van der Waals surface area contributed by atoms with Gasteiger partial charge in [-0.25, -0.2) is 0 Å². The topological polar surface area (TPSA) is 109 Å². The highest BCUT2D eigenvalue weighted by atomic mass is 32.2. The van der Waals surface area contributed by atoms with E-state index in [0.717, 1.165) is 11.0 Å². The van der Waals surface area contributed by atoms with Gasteiger partial charge in [-0.15, -0.1) is 0 Å². The molecule has 16 heavy (non-hydrogen) atoms. The summed E-state index contributed by atoms with van der Waals surface area (Å²) in [6, 6.07) is 0. The Morgan fingerprint density at radius 1 is 1.00 bits per heavy atom. The Balaban J connectivity index is 0. The van der Waals surface area contributed by atoms with Gasteiger partial charge in [0, 0.05) is 6.42 Å². The molecule has 0 unspecified atom stereocenters. The summed E-state index contributed by atoms with van der Waals surface area (Å²) in [6.45, 7) is 0.750. The molecule has 0 bridgehead atoms. The van der Waals surface area contributed by atoms with Gasteiger partial charge in [-0.3, -0.25) is 9.11 Å². The maximum Gasteiger partial charge on any atom is 0.265 e. The van der Waals surface area contributed by atoms with E-state index in [1.54, 1.807) is 0 Å². The average Bonchev–Trinajstić information content (AvgIpc) is 1.74. The van der Waals surface area contributed by atoms with Crippen molar-refractivity contribution in [3.8, 4) is 0 Å². The second-order valence-electron chi connectivity index (χ2n) is 4.39. The minimum absolute atomic E-state index is 0.136. The Kier molecular flexibility index (Phi) is 7.37. The van der Waals surface area contributed by atoms with Gasteiger partial charge in [-0.05, 0) is 0 Å². The van der Waals surface area contributed by atoms with Gasteiger partial charge in [0.2, 0.25) is 0 Å². The molecule has 100 valence electrons. The first kappa shape index (κ1) is 18.2. The van der Waals surface area contributed by atoms with E-state index in [2.05, 4.69) is 0 Å². The zero-order valence-electron chi connectivity index (χ0n) is 9.91.